The lowest BCUT2D eigenvalue weighted by molar-refractivity contribution is -0.113. The van der Waals surface area contributed by atoms with Gasteiger partial charge in [0.05, 0.1) is 4.91 Å². The number of rotatable bonds is 1. The Morgan fingerprint density at radius 3 is 1.88 bits per heavy atom. The Morgan fingerprint density at radius 1 is 1.50 bits per heavy atom. The van der Waals surface area contributed by atoms with E-state index in [1.807, 2.05) is 0 Å². The standard InChI is InChI=1S/C5H8O2S/c1-3(6)5(8)4(2)7/h6,8H,1-2H3/b5-3+. The minimum atomic E-state index is -0.215. The number of hydrogen-bond acceptors (Lipinski definition) is 3. The Bertz CT molecular complexity index is 133. The van der Waals surface area contributed by atoms with Crippen molar-refractivity contribution < 1.29 is 9.90 Å². The number of hydrogen-bond donors (Lipinski definition) is 2. The third-order valence-corrected chi connectivity index (χ3v) is 1.31. The molecular formula is C5H8O2S. The van der Waals surface area contributed by atoms with Gasteiger partial charge >= 0.3 is 0 Å². The Kier molecular flexibility index (Phi) is 2.62. The van der Waals surface area contributed by atoms with Gasteiger partial charge < -0.3 is 5.11 Å². The summed E-state index contributed by atoms with van der Waals surface area (Å²) in [5, 5.41) is 8.57. The van der Waals surface area contributed by atoms with Gasteiger partial charge in [0.15, 0.2) is 5.78 Å². The van der Waals surface area contributed by atoms with Crippen LogP contribution in [-0.2, 0) is 4.79 Å². The fourth-order valence-corrected chi connectivity index (χ4v) is 0.255. The van der Waals surface area contributed by atoms with E-state index >= 15 is 0 Å². The highest BCUT2D eigenvalue weighted by Crippen LogP contribution is 2.05. The zero-order valence-electron chi connectivity index (χ0n) is 4.80. The van der Waals surface area contributed by atoms with E-state index < -0.39 is 0 Å². The predicted octanol–water partition coefficient (Wildman–Crippen LogP) is 1.29. The Hall–Kier alpha value is -0.440. The summed E-state index contributed by atoms with van der Waals surface area (Å²) in [4.78, 5) is 10.4. The number of aliphatic hydroxyl groups is 1. The maximum absolute atomic E-state index is 10.3. The highest BCUT2D eigenvalue weighted by molar-refractivity contribution is 7.85. The van der Waals surface area contributed by atoms with Crippen molar-refractivity contribution in [3.05, 3.63) is 10.7 Å². The zero-order valence-corrected chi connectivity index (χ0v) is 5.70. The fourth-order valence-electron chi connectivity index (χ4n) is 0.255. The van der Waals surface area contributed by atoms with Crippen molar-refractivity contribution in [1.82, 2.24) is 0 Å². The summed E-state index contributed by atoms with van der Waals surface area (Å²) in [6, 6.07) is 0. The molecule has 0 saturated heterocycles. The number of allylic oxidation sites excluding steroid dienone is 2. The van der Waals surface area contributed by atoms with E-state index in [4.69, 9.17) is 5.11 Å². The first kappa shape index (κ1) is 7.56. The summed E-state index contributed by atoms with van der Waals surface area (Å²) < 4.78 is 0. The van der Waals surface area contributed by atoms with E-state index in [1.54, 1.807) is 0 Å². The van der Waals surface area contributed by atoms with Crippen molar-refractivity contribution >= 4 is 18.4 Å². The lowest BCUT2D eigenvalue weighted by Gasteiger charge is -1.91. The van der Waals surface area contributed by atoms with Crippen molar-refractivity contribution in [1.29, 1.82) is 0 Å². The van der Waals surface area contributed by atoms with Gasteiger partial charge in [0.25, 0.3) is 0 Å². The Labute approximate surface area is 53.6 Å². The molecule has 0 aliphatic heterocycles. The van der Waals surface area contributed by atoms with Crippen LogP contribution < -0.4 is 0 Å². The van der Waals surface area contributed by atoms with Crippen LogP contribution in [0.1, 0.15) is 13.8 Å². The first-order chi connectivity index (χ1) is 3.55. The number of Topliss-reactive ketones (excluding diaryl/α,β-unsaturated/α-hetero) is 1. The fraction of sp³-hybridized carbons (Fsp3) is 0.400. The number of thiol groups is 1. The maximum Gasteiger partial charge on any atom is 0.169 e. The quantitative estimate of drug-likeness (QED) is 0.320. The van der Waals surface area contributed by atoms with Crippen LogP contribution in [0.15, 0.2) is 10.7 Å². The van der Waals surface area contributed by atoms with E-state index in [0.717, 1.165) is 0 Å². The van der Waals surface area contributed by atoms with Crippen molar-refractivity contribution in [3.63, 3.8) is 0 Å². The first-order valence-corrected chi connectivity index (χ1v) is 2.60. The Morgan fingerprint density at radius 2 is 1.88 bits per heavy atom. The van der Waals surface area contributed by atoms with Gasteiger partial charge in [-0.3, -0.25) is 4.79 Å². The van der Waals surface area contributed by atoms with Gasteiger partial charge in [-0.15, -0.1) is 12.6 Å². The molecule has 0 atom stereocenters. The molecule has 0 unspecified atom stereocenters. The summed E-state index contributed by atoms with van der Waals surface area (Å²) in [7, 11) is 0. The van der Waals surface area contributed by atoms with E-state index in [9.17, 15) is 4.79 Å². The molecule has 0 aromatic rings. The molecule has 0 rings (SSSR count). The molecule has 0 aliphatic carbocycles. The van der Waals surface area contributed by atoms with Gasteiger partial charge in [0.2, 0.25) is 0 Å². The maximum atomic E-state index is 10.3. The zero-order chi connectivity index (χ0) is 6.73. The van der Waals surface area contributed by atoms with Gasteiger partial charge in [-0.1, -0.05) is 0 Å². The minimum Gasteiger partial charge on any atom is -0.511 e. The second kappa shape index (κ2) is 2.77. The van der Waals surface area contributed by atoms with Crippen molar-refractivity contribution in [2.45, 2.75) is 13.8 Å². The second-order valence-corrected chi connectivity index (χ2v) is 1.94. The molecule has 0 heterocycles. The molecule has 46 valence electrons. The molecule has 8 heavy (non-hydrogen) atoms. The normalized spacial score (nSPS) is 12.9. The second-order valence-electron chi connectivity index (χ2n) is 1.49. The third-order valence-electron chi connectivity index (χ3n) is 0.676. The highest BCUT2D eigenvalue weighted by Gasteiger charge is 1.99. The van der Waals surface area contributed by atoms with Crippen LogP contribution in [0.3, 0.4) is 0 Å². The summed E-state index contributed by atoms with van der Waals surface area (Å²) >= 11 is 3.70. The molecule has 0 amide bonds. The van der Waals surface area contributed by atoms with Crippen molar-refractivity contribution in [2.75, 3.05) is 0 Å². The van der Waals surface area contributed by atoms with Crippen LogP contribution in [0.2, 0.25) is 0 Å². The van der Waals surface area contributed by atoms with E-state index in [1.165, 1.54) is 13.8 Å². The van der Waals surface area contributed by atoms with E-state index in [-0.39, 0.29) is 16.4 Å². The van der Waals surface area contributed by atoms with E-state index in [0.29, 0.717) is 0 Å². The van der Waals surface area contributed by atoms with Gasteiger partial charge in [0, 0.05) is 0 Å². The lowest BCUT2D eigenvalue weighted by Crippen LogP contribution is -1.91. The number of carbonyl (C=O) groups excluding carboxylic acids is 1. The van der Waals surface area contributed by atoms with Crippen LogP contribution in [0.5, 0.6) is 0 Å². The summed E-state index contributed by atoms with van der Waals surface area (Å²) in [5.41, 5.74) is 0. The molecular weight excluding hydrogens is 124 g/mol. The molecule has 1 N–H and O–H groups in total. The molecule has 0 aliphatic rings. The van der Waals surface area contributed by atoms with Gasteiger partial charge in [-0.2, -0.15) is 0 Å². The number of ketones is 1. The van der Waals surface area contributed by atoms with Crippen molar-refractivity contribution in [3.8, 4) is 0 Å². The minimum absolute atomic E-state index is 0.0270. The monoisotopic (exact) mass is 132 g/mol. The van der Waals surface area contributed by atoms with Gasteiger partial charge in [0.1, 0.15) is 5.76 Å². The molecule has 0 saturated carbocycles. The molecule has 0 radical (unpaired) electrons. The molecule has 3 heteroatoms. The number of carbonyl (C=O) groups is 1. The van der Waals surface area contributed by atoms with Crippen LogP contribution in [-0.4, -0.2) is 10.9 Å². The average Bonchev–Trinajstić information content (AvgIpc) is 1.64. The number of aliphatic hydroxyl groups excluding tert-OH is 1. The summed E-state index contributed by atoms with van der Waals surface area (Å²) in [5.74, 6) is -0.242. The average molecular weight is 132 g/mol. The predicted molar refractivity (Wildman–Crippen MR) is 35.0 cm³/mol. The largest absolute Gasteiger partial charge is 0.511 e. The molecule has 0 aromatic heterocycles. The molecule has 0 spiro atoms. The van der Waals surface area contributed by atoms with Crippen LogP contribution in [0.25, 0.3) is 0 Å². The molecule has 0 aromatic carbocycles. The molecule has 0 bridgehead atoms. The lowest BCUT2D eigenvalue weighted by atomic mass is 10.4. The highest BCUT2D eigenvalue weighted by atomic mass is 32.1. The molecule has 0 fully saturated rings. The first-order valence-electron chi connectivity index (χ1n) is 2.15. The summed E-state index contributed by atoms with van der Waals surface area (Å²) in [6.07, 6.45) is 0. The van der Waals surface area contributed by atoms with Crippen LogP contribution in [0.4, 0.5) is 0 Å². The topological polar surface area (TPSA) is 37.3 Å². The van der Waals surface area contributed by atoms with Crippen molar-refractivity contribution in [2.24, 2.45) is 0 Å². The van der Waals surface area contributed by atoms with Gasteiger partial charge in [-0.25, -0.2) is 0 Å². The van der Waals surface area contributed by atoms with Crippen LogP contribution >= 0.6 is 12.6 Å². The third kappa shape index (κ3) is 2.02. The smallest absolute Gasteiger partial charge is 0.169 e. The molecule has 2 nitrogen and oxygen atoms in total. The van der Waals surface area contributed by atoms with E-state index in [2.05, 4.69) is 12.6 Å². The van der Waals surface area contributed by atoms with Gasteiger partial charge in [-0.05, 0) is 13.8 Å². The summed E-state index contributed by atoms with van der Waals surface area (Å²) in [6.45, 7) is 2.77. The van der Waals surface area contributed by atoms with Crippen LogP contribution in [0, 0.1) is 0 Å². The Balaban J connectivity index is 4.23. The SMILES string of the molecule is CC(=O)/C(S)=C(/C)O.